The second kappa shape index (κ2) is 11.6. The van der Waals surface area contributed by atoms with Crippen LogP contribution in [0.25, 0.3) is 6.08 Å². The molecule has 0 fully saturated rings. The minimum Gasteiger partial charge on any atom is -0.496 e. The van der Waals surface area contributed by atoms with Gasteiger partial charge in [-0.05, 0) is 85.1 Å². The normalized spacial score (nSPS) is 15.3. The van der Waals surface area contributed by atoms with Crippen LogP contribution in [0.15, 0.2) is 61.9 Å². The first-order chi connectivity index (χ1) is 18.2. The van der Waals surface area contributed by atoms with E-state index in [4.69, 9.17) is 18.9 Å². The Morgan fingerprint density at radius 3 is 2.47 bits per heavy atom. The number of thiazole rings is 1. The van der Waals surface area contributed by atoms with Crippen molar-refractivity contribution >= 4 is 39.3 Å². The molecule has 0 amide bonds. The molecule has 8 nitrogen and oxygen atoms in total. The van der Waals surface area contributed by atoms with Gasteiger partial charge < -0.3 is 18.9 Å². The summed E-state index contributed by atoms with van der Waals surface area (Å²) in [7, 11) is 3.15. The maximum absolute atomic E-state index is 13.8. The van der Waals surface area contributed by atoms with Crippen LogP contribution in [0.4, 0.5) is 0 Å². The molecule has 0 bridgehead atoms. The van der Waals surface area contributed by atoms with E-state index < -0.39 is 12.0 Å². The Balaban J connectivity index is 1.93. The van der Waals surface area contributed by atoms with Gasteiger partial charge in [0.15, 0.2) is 16.3 Å². The van der Waals surface area contributed by atoms with E-state index in [1.165, 1.54) is 11.3 Å². The number of rotatable bonds is 8. The number of methoxy groups -OCH3 is 2. The summed E-state index contributed by atoms with van der Waals surface area (Å²) < 4.78 is 25.0. The third kappa shape index (κ3) is 5.42. The number of allylic oxidation sites excluding steroid dienone is 1. The van der Waals surface area contributed by atoms with Crippen molar-refractivity contribution in [1.82, 2.24) is 4.57 Å². The molecule has 0 spiro atoms. The predicted molar refractivity (Wildman–Crippen MR) is 150 cm³/mol. The maximum atomic E-state index is 13.8. The van der Waals surface area contributed by atoms with Crippen LogP contribution >= 0.6 is 27.3 Å². The SMILES string of the molecule is CCOC(=O)C1=C(C)N=c2s/c(=C\c3ccc(OC)c(Br)c3)c(=O)n2[C@@H]1c1ccc(OC(C)C)c(OC)c1. The summed E-state index contributed by atoms with van der Waals surface area (Å²) in [5.41, 5.74) is 2.03. The minimum absolute atomic E-state index is 0.0531. The number of fused-ring (bicyclic) bond motifs is 1. The Morgan fingerprint density at radius 2 is 1.84 bits per heavy atom. The quantitative estimate of drug-likeness (QED) is 0.357. The number of carbonyl (C=O) groups is 1. The Kier molecular flexibility index (Phi) is 8.42. The van der Waals surface area contributed by atoms with Crippen molar-refractivity contribution in [3.8, 4) is 17.2 Å². The number of carbonyl (C=O) groups excluding carboxylic acids is 1. The molecule has 0 N–H and O–H groups in total. The molecule has 1 atom stereocenters. The first-order valence-corrected chi connectivity index (χ1v) is 13.7. The lowest BCUT2D eigenvalue weighted by Crippen LogP contribution is -2.40. The fourth-order valence-electron chi connectivity index (χ4n) is 4.24. The Hall–Kier alpha value is -3.37. The molecule has 38 heavy (non-hydrogen) atoms. The molecule has 2 aromatic carbocycles. The van der Waals surface area contributed by atoms with Crippen LogP contribution < -0.4 is 29.1 Å². The molecule has 3 aromatic rings. The molecule has 1 aromatic heterocycles. The van der Waals surface area contributed by atoms with Crippen LogP contribution in [0.2, 0.25) is 0 Å². The van der Waals surface area contributed by atoms with E-state index >= 15 is 0 Å². The molecule has 0 aliphatic carbocycles. The maximum Gasteiger partial charge on any atom is 0.338 e. The lowest BCUT2D eigenvalue weighted by molar-refractivity contribution is -0.139. The fourth-order valence-corrected chi connectivity index (χ4v) is 5.84. The predicted octanol–water partition coefficient (Wildman–Crippen LogP) is 4.37. The van der Waals surface area contributed by atoms with Gasteiger partial charge >= 0.3 is 5.97 Å². The number of hydrogen-bond donors (Lipinski definition) is 0. The lowest BCUT2D eigenvalue weighted by Gasteiger charge is -2.25. The van der Waals surface area contributed by atoms with Crippen LogP contribution in [-0.4, -0.2) is 37.5 Å². The molecule has 0 unspecified atom stereocenters. The van der Waals surface area contributed by atoms with Crippen molar-refractivity contribution in [2.24, 2.45) is 4.99 Å². The Morgan fingerprint density at radius 1 is 1.13 bits per heavy atom. The molecule has 10 heteroatoms. The van der Waals surface area contributed by atoms with Crippen molar-refractivity contribution in [3.05, 3.63) is 83.0 Å². The summed E-state index contributed by atoms with van der Waals surface area (Å²) in [6.45, 7) is 7.55. The van der Waals surface area contributed by atoms with E-state index in [1.807, 2.05) is 38.1 Å². The summed E-state index contributed by atoms with van der Waals surface area (Å²) in [4.78, 5) is 32.1. The zero-order valence-electron chi connectivity index (χ0n) is 22.0. The van der Waals surface area contributed by atoms with Crippen LogP contribution in [0, 0.1) is 0 Å². The standard InChI is InChI=1S/C28H29BrN2O6S/c1-7-36-27(33)24-16(4)30-28-31(25(24)18-9-11-21(37-15(2)3)22(14-18)35-6)26(32)23(38-28)13-17-8-10-20(34-5)19(29)12-17/h8-15,25H,7H2,1-6H3/b23-13-/t25-/m1/s1. The lowest BCUT2D eigenvalue weighted by atomic mass is 9.95. The van der Waals surface area contributed by atoms with Gasteiger partial charge in [-0.15, -0.1) is 0 Å². The highest BCUT2D eigenvalue weighted by atomic mass is 79.9. The highest BCUT2D eigenvalue weighted by Crippen LogP contribution is 2.36. The smallest absolute Gasteiger partial charge is 0.338 e. The first-order valence-electron chi connectivity index (χ1n) is 12.1. The van der Waals surface area contributed by atoms with Crippen molar-refractivity contribution in [3.63, 3.8) is 0 Å². The molecular formula is C28H29BrN2O6S. The van der Waals surface area contributed by atoms with Gasteiger partial charge in [0, 0.05) is 0 Å². The van der Waals surface area contributed by atoms with Crippen LogP contribution in [-0.2, 0) is 9.53 Å². The fraction of sp³-hybridized carbons (Fsp3) is 0.321. The number of nitrogens with zero attached hydrogens (tertiary/aromatic N) is 2. The van der Waals surface area contributed by atoms with Gasteiger partial charge in [0.1, 0.15) is 5.75 Å². The second-order valence-electron chi connectivity index (χ2n) is 8.77. The Labute approximate surface area is 233 Å². The molecule has 1 aliphatic heterocycles. The van der Waals surface area contributed by atoms with Crippen molar-refractivity contribution in [2.45, 2.75) is 39.8 Å². The van der Waals surface area contributed by atoms with Gasteiger partial charge in [0.25, 0.3) is 5.56 Å². The van der Waals surface area contributed by atoms with Crippen LogP contribution in [0.1, 0.15) is 44.9 Å². The monoisotopic (exact) mass is 600 g/mol. The highest BCUT2D eigenvalue weighted by molar-refractivity contribution is 9.10. The molecule has 0 saturated heterocycles. The van der Waals surface area contributed by atoms with E-state index in [2.05, 4.69) is 20.9 Å². The topological polar surface area (TPSA) is 88.4 Å². The summed E-state index contributed by atoms with van der Waals surface area (Å²) in [5.74, 6) is 1.24. The molecule has 2 heterocycles. The number of benzene rings is 2. The molecule has 0 radical (unpaired) electrons. The second-order valence-corrected chi connectivity index (χ2v) is 10.6. The van der Waals surface area contributed by atoms with Gasteiger partial charge in [-0.1, -0.05) is 23.5 Å². The summed E-state index contributed by atoms with van der Waals surface area (Å²) in [5, 5.41) is 0. The molecule has 1 aliphatic rings. The van der Waals surface area contributed by atoms with Gasteiger partial charge in [-0.25, -0.2) is 9.79 Å². The van der Waals surface area contributed by atoms with Crippen molar-refractivity contribution in [1.29, 1.82) is 0 Å². The first kappa shape index (κ1) is 27.7. The summed E-state index contributed by atoms with van der Waals surface area (Å²) >= 11 is 4.76. The average Bonchev–Trinajstić information content (AvgIpc) is 3.17. The van der Waals surface area contributed by atoms with Gasteiger partial charge in [-0.2, -0.15) is 0 Å². The number of aromatic nitrogens is 1. The van der Waals surface area contributed by atoms with Gasteiger partial charge in [0.2, 0.25) is 0 Å². The number of ether oxygens (including phenoxy) is 4. The summed E-state index contributed by atoms with van der Waals surface area (Å²) in [6, 6.07) is 10.2. The van der Waals surface area contributed by atoms with Crippen molar-refractivity contribution in [2.75, 3.05) is 20.8 Å². The average molecular weight is 602 g/mol. The van der Waals surface area contributed by atoms with E-state index in [9.17, 15) is 9.59 Å². The number of esters is 1. The third-order valence-corrected chi connectivity index (χ3v) is 7.46. The highest BCUT2D eigenvalue weighted by Gasteiger charge is 2.34. The molecular weight excluding hydrogens is 572 g/mol. The van der Waals surface area contributed by atoms with Gasteiger partial charge in [-0.3, -0.25) is 9.36 Å². The van der Waals surface area contributed by atoms with Crippen LogP contribution in [0.3, 0.4) is 0 Å². The van der Waals surface area contributed by atoms with E-state index in [-0.39, 0.29) is 18.3 Å². The van der Waals surface area contributed by atoms with E-state index in [0.717, 1.165) is 10.0 Å². The van der Waals surface area contributed by atoms with E-state index in [0.29, 0.717) is 43.4 Å². The zero-order chi connectivity index (χ0) is 27.6. The van der Waals surface area contributed by atoms with Crippen molar-refractivity contribution < 1.29 is 23.7 Å². The summed E-state index contributed by atoms with van der Waals surface area (Å²) in [6.07, 6.45) is 1.75. The van der Waals surface area contributed by atoms with E-state index in [1.54, 1.807) is 50.8 Å². The number of hydrogen-bond acceptors (Lipinski definition) is 8. The molecule has 0 saturated carbocycles. The minimum atomic E-state index is -0.753. The zero-order valence-corrected chi connectivity index (χ0v) is 24.4. The van der Waals surface area contributed by atoms with Gasteiger partial charge in [0.05, 0.1) is 53.2 Å². The largest absolute Gasteiger partial charge is 0.496 e. The van der Waals surface area contributed by atoms with Crippen LogP contribution in [0.5, 0.6) is 17.2 Å². The Bertz CT molecular complexity index is 1590. The molecule has 4 rings (SSSR count). The third-order valence-electron chi connectivity index (χ3n) is 5.86. The molecule has 200 valence electrons. The number of halogens is 1.